The smallest absolute Gasteiger partial charge is 0.163 e. The molecule has 0 saturated carbocycles. The molecule has 84 valence electrons. The molecule has 0 unspecified atom stereocenters. The van der Waals surface area contributed by atoms with Gasteiger partial charge in [-0.3, -0.25) is 0 Å². The summed E-state index contributed by atoms with van der Waals surface area (Å²) in [6.07, 6.45) is 1.71. The lowest BCUT2D eigenvalue weighted by Crippen LogP contribution is -1.90. The molecule has 0 amide bonds. The molecule has 0 aliphatic rings. The van der Waals surface area contributed by atoms with Crippen LogP contribution >= 0.6 is 15.9 Å². The summed E-state index contributed by atoms with van der Waals surface area (Å²) in [7, 11) is 1.95. The first-order valence-corrected chi connectivity index (χ1v) is 6.07. The van der Waals surface area contributed by atoms with Crippen LogP contribution in [0.15, 0.2) is 47.2 Å². The lowest BCUT2D eigenvalue weighted by Gasteiger charge is -2.03. The molecule has 17 heavy (non-hydrogen) atoms. The van der Waals surface area contributed by atoms with E-state index in [0.717, 1.165) is 15.9 Å². The minimum absolute atomic E-state index is 0.884. The van der Waals surface area contributed by atoms with Gasteiger partial charge in [0.25, 0.3) is 0 Å². The molecule has 1 aromatic heterocycles. The van der Waals surface area contributed by atoms with E-state index >= 15 is 0 Å². The zero-order valence-electron chi connectivity index (χ0n) is 9.26. The zero-order chi connectivity index (χ0) is 11.8. The van der Waals surface area contributed by atoms with Crippen LogP contribution in [0.25, 0.3) is 22.2 Å². The Morgan fingerprint density at radius 1 is 1.06 bits per heavy atom. The summed E-state index contributed by atoms with van der Waals surface area (Å²) < 4.78 is 3.01. The van der Waals surface area contributed by atoms with Gasteiger partial charge in [-0.25, -0.2) is 0 Å². The highest BCUT2D eigenvalue weighted by molar-refractivity contribution is 9.10. The predicted octanol–water partition coefficient (Wildman–Crippen LogP) is 3.40. The maximum Gasteiger partial charge on any atom is 0.163 e. The summed E-state index contributed by atoms with van der Waals surface area (Å²) in [5, 5.41) is 10.4. The van der Waals surface area contributed by atoms with Crippen molar-refractivity contribution in [3.8, 4) is 11.4 Å². The first-order chi connectivity index (χ1) is 8.24. The molecule has 2 aromatic carbocycles. The highest BCUT2D eigenvalue weighted by Crippen LogP contribution is 2.24. The van der Waals surface area contributed by atoms with E-state index in [1.54, 1.807) is 6.33 Å². The van der Waals surface area contributed by atoms with Crippen LogP contribution in [-0.2, 0) is 7.05 Å². The van der Waals surface area contributed by atoms with Gasteiger partial charge in [-0.05, 0) is 29.0 Å². The molecule has 3 nitrogen and oxygen atoms in total. The Labute approximate surface area is 107 Å². The minimum atomic E-state index is 0.884. The summed E-state index contributed by atoms with van der Waals surface area (Å²) in [6.45, 7) is 0. The molecule has 0 bridgehead atoms. The first-order valence-electron chi connectivity index (χ1n) is 5.28. The van der Waals surface area contributed by atoms with E-state index in [0.29, 0.717) is 0 Å². The quantitative estimate of drug-likeness (QED) is 0.687. The Hall–Kier alpha value is -1.68. The van der Waals surface area contributed by atoms with Crippen molar-refractivity contribution in [2.45, 2.75) is 0 Å². The number of aryl methyl sites for hydroxylation is 1. The number of hydrogen-bond acceptors (Lipinski definition) is 2. The topological polar surface area (TPSA) is 30.7 Å². The normalized spacial score (nSPS) is 10.9. The third-order valence-electron chi connectivity index (χ3n) is 2.77. The van der Waals surface area contributed by atoms with Crippen LogP contribution in [0.4, 0.5) is 0 Å². The third-order valence-corrected chi connectivity index (χ3v) is 3.27. The monoisotopic (exact) mass is 287 g/mol. The fourth-order valence-corrected chi connectivity index (χ4v) is 2.28. The van der Waals surface area contributed by atoms with E-state index in [9.17, 15) is 0 Å². The molecular weight excluding hydrogens is 278 g/mol. The molecule has 3 rings (SSSR count). The van der Waals surface area contributed by atoms with Crippen molar-refractivity contribution < 1.29 is 0 Å². The van der Waals surface area contributed by atoms with Gasteiger partial charge < -0.3 is 4.57 Å². The molecule has 0 aliphatic heterocycles. The van der Waals surface area contributed by atoms with Crippen LogP contribution in [0.3, 0.4) is 0 Å². The van der Waals surface area contributed by atoms with Crippen molar-refractivity contribution in [1.82, 2.24) is 14.8 Å². The summed E-state index contributed by atoms with van der Waals surface area (Å²) in [5.74, 6) is 0.884. The van der Waals surface area contributed by atoms with E-state index < -0.39 is 0 Å². The van der Waals surface area contributed by atoms with E-state index in [-0.39, 0.29) is 0 Å². The SMILES string of the molecule is Cn1cnnc1-c1ccc2cc(Br)ccc2c1. The van der Waals surface area contributed by atoms with Crippen LogP contribution in [0.1, 0.15) is 0 Å². The van der Waals surface area contributed by atoms with Crippen LogP contribution < -0.4 is 0 Å². The number of aromatic nitrogens is 3. The maximum absolute atomic E-state index is 4.11. The van der Waals surface area contributed by atoms with Crippen molar-refractivity contribution in [2.24, 2.45) is 7.05 Å². The fourth-order valence-electron chi connectivity index (χ4n) is 1.90. The lowest BCUT2D eigenvalue weighted by atomic mass is 10.1. The molecule has 0 radical (unpaired) electrons. The molecule has 0 spiro atoms. The Morgan fingerprint density at radius 2 is 1.82 bits per heavy atom. The lowest BCUT2D eigenvalue weighted by molar-refractivity contribution is 0.920. The van der Waals surface area contributed by atoms with Crippen LogP contribution in [0.5, 0.6) is 0 Å². The predicted molar refractivity (Wildman–Crippen MR) is 71.6 cm³/mol. The van der Waals surface area contributed by atoms with Gasteiger partial charge in [0.05, 0.1) is 0 Å². The molecule has 0 atom stereocenters. The van der Waals surface area contributed by atoms with Crippen molar-refractivity contribution >= 4 is 26.7 Å². The van der Waals surface area contributed by atoms with Gasteiger partial charge in [0.15, 0.2) is 5.82 Å². The highest BCUT2D eigenvalue weighted by atomic mass is 79.9. The van der Waals surface area contributed by atoms with Crippen molar-refractivity contribution in [2.75, 3.05) is 0 Å². The number of nitrogens with zero attached hydrogens (tertiary/aromatic N) is 3. The van der Waals surface area contributed by atoms with E-state index in [2.05, 4.69) is 56.5 Å². The molecule has 1 heterocycles. The van der Waals surface area contributed by atoms with Gasteiger partial charge in [0.2, 0.25) is 0 Å². The van der Waals surface area contributed by atoms with Gasteiger partial charge in [-0.1, -0.05) is 34.1 Å². The number of rotatable bonds is 1. The molecular formula is C13H10BrN3. The zero-order valence-corrected chi connectivity index (χ0v) is 10.8. The minimum Gasteiger partial charge on any atom is -0.317 e. The van der Waals surface area contributed by atoms with Crippen molar-refractivity contribution in [3.63, 3.8) is 0 Å². The number of hydrogen-bond donors (Lipinski definition) is 0. The average molecular weight is 288 g/mol. The van der Waals surface area contributed by atoms with Crippen molar-refractivity contribution in [3.05, 3.63) is 47.2 Å². The fraction of sp³-hybridized carbons (Fsp3) is 0.0769. The Kier molecular flexibility index (Phi) is 2.44. The summed E-state index contributed by atoms with van der Waals surface area (Å²) in [6, 6.07) is 12.5. The molecule has 0 N–H and O–H groups in total. The van der Waals surface area contributed by atoms with Gasteiger partial charge in [-0.15, -0.1) is 10.2 Å². The van der Waals surface area contributed by atoms with Gasteiger partial charge in [0, 0.05) is 17.1 Å². The first kappa shape index (κ1) is 10.5. The summed E-state index contributed by atoms with van der Waals surface area (Å²) in [5.41, 5.74) is 1.08. The standard InChI is InChI=1S/C13H10BrN3/c1-17-8-15-16-13(17)11-3-2-10-7-12(14)5-4-9(10)6-11/h2-8H,1H3. The summed E-state index contributed by atoms with van der Waals surface area (Å²) >= 11 is 3.47. The maximum atomic E-state index is 4.11. The van der Waals surface area contributed by atoms with E-state index in [1.165, 1.54) is 10.8 Å². The van der Waals surface area contributed by atoms with E-state index in [4.69, 9.17) is 0 Å². The number of benzene rings is 2. The molecule has 0 aliphatic carbocycles. The van der Waals surface area contributed by atoms with Crippen LogP contribution in [-0.4, -0.2) is 14.8 Å². The molecule has 0 fully saturated rings. The Bertz CT molecular complexity index is 688. The average Bonchev–Trinajstić information content (AvgIpc) is 2.75. The number of fused-ring (bicyclic) bond motifs is 1. The molecule has 4 heteroatoms. The highest BCUT2D eigenvalue weighted by Gasteiger charge is 2.05. The summed E-state index contributed by atoms with van der Waals surface area (Å²) in [4.78, 5) is 0. The molecule has 0 saturated heterocycles. The van der Waals surface area contributed by atoms with Gasteiger partial charge in [-0.2, -0.15) is 0 Å². The van der Waals surface area contributed by atoms with Crippen LogP contribution in [0, 0.1) is 0 Å². The second-order valence-electron chi connectivity index (χ2n) is 3.97. The van der Waals surface area contributed by atoms with Gasteiger partial charge >= 0.3 is 0 Å². The third kappa shape index (κ3) is 1.85. The van der Waals surface area contributed by atoms with Gasteiger partial charge in [0.1, 0.15) is 6.33 Å². The second-order valence-corrected chi connectivity index (χ2v) is 4.89. The van der Waals surface area contributed by atoms with E-state index in [1.807, 2.05) is 17.7 Å². The van der Waals surface area contributed by atoms with Crippen LogP contribution in [0.2, 0.25) is 0 Å². The largest absolute Gasteiger partial charge is 0.317 e. The number of halogens is 1. The second kappa shape index (κ2) is 3.96. The Morgan fingerprint density at radius 3 is 2.59 bits per heavy atom. The molecule has 3 aromatic rings. The van der Waals surface area contributed by atoms with Crippen molar-refractivity contribution in [1.29, 1.82) is 0 Å². The Balaban J connectivity index is 2.20.